The van der Waals surface area contributed by atoms with Gasteiger partial charge in [0.05, 0.1) is 34.2 Å². The van der Waals surface area contributed by atoms with Crippen molar-refractivity contribution in [2.45, 2.75) is 46.6 Å². The Kier molecular flexibility index (Phi) is 9.89. The fraction of sp³-hybridized carbons (Fsp3) is 0.440. The quantitative estimate of drug-likeness (QED) is 0.299. The van der Waals surface area contributed by atoms with Crippen molar-refractivity contribution in [3.05, 3.63) is 40.5 Å². The average Bonchev–Trinajstić information content (AvgIpc) is 2.83. The molecule has 0 fully saturated rings. The molecule has 35 heavy (non-hydrogen) atoms. The molecule has 0 unspecified atom stereocenters. The minimum absolute atomic E-state index is 0.183. The van der Waals surface area contributed by atoms with E-state index in [9.17, 15) is 4.79 Å². The number of benzene rings is 1. The number of rotatable bonds is 11. The molecule has 0 saturated carbocycles. The second-order valence-electron chi connectivity index (χ2n) is 8.17. The molecule has 0 spiro atoms. The molecule has 0 aliphatic heterocycles. The Morgan fingerprint density at radius 2 is 1.89 bits per heavy atom. The summed E-state index contributed by atoms with van der Waals surface area (Å²) in [6.45, 7) is 11.6. The van der Waals surface area contributed by atoms with Gasteiger partial charge < -0.3 is 15.0 Å². The molecule has 3 rings (SSSR count). The molecule has 10 heteroatoms. The maximum atomic E-state index is 12.0. The first-order valence-electron chi connectivity index (χ1n) is 11.9. The fourth-order valence-electron chi connectivity index (χ4n) is 3.74. The number of carbonyl (C=O) groups excluding carboxylic acids is 1. The fourth-order valence-corrected chi connectivity index (χ4v) is 4.04. The third-order valence-electron chi connectivity index (χ3n) is 5.65. The highest BCUT2D eigenvalue weighted by Gasteiger charge is 2.15. The van der Waals surface area contributed by atoms with Crippen LogP contribution in [0.4, 0.5) is 16.3 Å². The third-order valence-corrected chi connectivity index (χ3v) is 6.38. The Labute approximate surface area is 216 Å². The van der Waals surface area contributed by atoms with Crippen LogP contribution in [0.5, 0.6) is 0 Å². The van der Waals surface area contributed by atoms with E-state index in [1.807, 2.05) is 6.07 Å². The van der Waals surface area contributed by atoms with Crippen molar-refractivity contribution in [1.29, 1.82) is 0 Å². The molecule has 8 nitrogen and oxygen atoms in total. The predicted octanol–water partition coefficient (Wildman–Crippen LogP) is 6.49. The largest absolute Gasteiger partial charge is 0.450 e. The zero-order valence-corrected chi connectivity index (χ0v) is 22.1. The van der Waals surface area contributed by atoms with Crippen molar-refractivity contribution in [1.82, 2.24) is 19.9 Å². The van der Waals surface area contributed by atoms with E-state index in [1.54, 1.807) is 31.3 Å². The van der Waals surface area contributed by atoms with Crippen LogP contribution in [-0.2, 0) is 4.74 Å². The molecule has 2 aromatic heterocycles. The number of hydrogen-bond donors (Lipinski definition) is 2. The van der Waals surface area contributed by atoms with E-state index in [0.29, 0.717) is 32.7 Å². The lowest BCUT2D eigenvalue weighted by Crippen LogP contribution is -2.25. The van der Waals surface area contributed by atoms with Gasteiger partial charge in [-0.1, -0.05) is 43.1 Å². The van der Waals surface area contributed by atoms with E-state index in [-0.39, 0.29) is 12.6 Å². The van der Waals surface area contributed by atoms with Crippen LogP contribution in [0, 0.1) is 0 Å². The van der Waals surface area contributed by atoms with Gasteiger partial charge in [-0.2, -0.15) is 0 Å². The lowest BCUT2D eigenvalue weighted by atomic mass is 10.1. The number of nitrogens with zero attached hydrogens (tertiary/aromatic N) is 4. The molecule has 1 aromatic carbocycles. The second kappa shape index (κ2) is 12.9. The summed E-state index contributed by atoms with van der Waals surface area (Å²) >= 11 is 12.2. The molecule has 0 aliphatic carbocycles. The zero-order chi connectivity index (χ0) is 25.4. The van der Waals surface area contributed by atoms with Gasteiger partial charge in [-0.3, -0.25) is 5.32 Å². The van der Waals surface area contributed by atoms with Crippen LogP contribution in [0.3, 0.4) is 0 Å². The molecule has 3 aromatic rings. The van der Waals surface area contributed by atoms with Crippen LogP contribution in [0.15, 0.2) is 30.5 Å². The van der Waals surface area contributed by atoms with Crippen LogP contribution in [-0.4, -0.2) is 58.2 Å². The molecule has 188 valence electrons. The van der Waals surface area contributed by atoms with Gasteiger partial charge >= 0.3 is 6.09 Å². The molecule has 2 heterocycles. The summed E-state index contributed by atoms with van der Waals surface area (Å²) < 4.78 is 5.01. The number of ether oxygens (including phenoxy) is 1. The highest BCUT2D eigenvalue weighted by Crippen LogP contribution is 2.30. The first-order valence-corrected chi connectivity index (χ1v) is 12.7. The minimum atomic E-state index is -0.578. The highest BCUT2D eigenvalue weighted by atomic mass is 35.5. The summed E-state index contributed by atoms with van der Waals surface area (Å²) in [6.07, 6.45) is 3.15. The second-order valence-corrected chi connectivity index (χ2v) is 8.99. The summed E-state index contributed by atoms with van der Waals surface area (Å²) in [5.41, 5.74) is 3.10. The normalized spacial score (nSPS) is 12.1. The van der Waals surface area contributed by atoms with Gasteiger partial charge in [-0.25, -0.2) is 19.7 Å². The van der Waals surface area contributed by atoms with E-state index in [4.69, 9.17) is 32.9 Å². The van der Waals surface area contributed by atoms with E-state index in [0.717, 1.165) is 43.7 Å². The molecule has 0 radical (unpaired) electrons. The molecule has 0 bridgehead atoms. The third kappa shape index (κ3) is 7.40. The van der Waals surface area contributed by atoms with Gasteiger partial charge in [0, 0.05) is 17.7 Å². The number of amides is 1. The Bertz CT molecular complexity index is 1160. The summed E-state index contributed by atoms with van der Waals surface area (Å²) in [5, 5.41) is 7.09. The summed E-state index contributed by atoms with van der Waals surface area (Å²) in [6, 6.07) is 7.21. The topological polar surface area (TPSA) is 92.3 Å². The maximum Gasteiger partial charge on any atom is 0.412 e. The lowest BCUT2D eigenvalue weighted by Gasteiger charge is -2.21. The molecule has 0 saturated heterocycles. The van der Waals surface area contributed by atoms with Gasteiger partial charge in [-0.15, -0.1) is 0 Å². The predicted molar refractivity (Wildman–Crippen MR) is 144 cm³/mol. The van der Waals surface area contributed by atoms with Crippen molar-refractivity contribution in [3.8, 4) is 11.3 Å². The van der Waals surface area contributed by atoms with Crippen molar-refractivity contribution < 1.29 is 9.53 Å². The molecule has 2 N–H and O–H groups in total. The number of carbonyl (C=O) groups is 1. The molecular formula is C25H32Cl2N6O2. The van der Waals surface area contributed by atoms with E-state index < -0.39 is 6.09 Å². The monoisotopic (exact) mass is 518 g/mol. The summed E-state index contributed by atoms with van der Waals surface area (Å²) in [5.74, 6) is 0.328. The Hall–Kier alpha value is -2.68. The van der Waals surface area contributed by atoms with Crippen molar-refractivity contribution in [2.75, 3.05) is 36.9 Å². The summed E-state index contributed by atoms with van der Waals surface area (Å²) in [4.78, 5) is 28.3. The number of halogens is 2. The van der Waals surface area contributed by atoms with E-state index >= 15 is 0 Å². The standard InChI is InChI=1S/C25H32Cl2N6O2/c1-5-33(6-2)12-8-9-16(4)29-20-14-22(32-25(34)35-7-3)31-24-23(20)28-15-21(30-24)17-10-11-18(26)19(27)13-17/h10-11,13-16H,5-9,12H2,1-4H3,(H2,29,30,31,32,34)/t16-/m1/s1. The van der Waals surface area contributed by atoms with Gasteiger partial charge in [0.25, 0.3) is 0 Å². The van der Waals surface area contributed by atoms with Crippen LogP contribution in [0.1, 0.15) is 40.5 Å². The molecule has 0 aliphatic rings. The zero-order valence-electron chi connectivity index (χ0n) is 20.6. The highest BCUT2D eigenvalue weighted by molar-refractivity contribution is 6.42. The lowest BCUT2D eigenvalue weighted by molar-refractivity contribution is 0.168. The summed E-state index contributed by atoms with van der Waals surface area (Å²) in [7, 11) is 0. The van der Waals surface area contributed by atoms with Gasteiger partial charge in [0.1, 0.15) is 11.3 Å². The van der Waals surface area contributed by atoms with Gasteiger partial charge in [-0.05, 0) is 58.5 Å². The van der Waals surface area contributed by atoms with E-state index in [1.165, 1.54) is 0 Å². The van der Waals surface area contributed by atoms with Crippen molar-refractivity contribution in [2.24, 2.45) is 0 Å². The van der Waals surface area contributed by atoms with Gasteiger partial charge in [0.15, 0.2) is 5.65 Å². The van der Waals surface area contributed by atoms with Crippen molar-refractivity contribution >= 4 is 52.0 Å². The first-order chi connectivity index (χ1) is 16.8. The van der Waals surface area contributed by atoms with Crippen LogP contribution < -0.4 is 10.6 Å². The molecular weight excluding hydrogens is 487 g/mol. The molecule has 1 amide bonds. The number of pyridine rings is 1. The molecule has 1 atom stereocenters. The number of nitrogens with one attached hydrogen (secondary N) is 2. The number of anilines is 2. The smallest absolute Gasteiger partial charge is 0.412 e. The maximum absolute atomic E-state index is 12.0. The van der Waals surface area contributed by atoms with Crippen molar-refractivity contribution in [3.63, 3.8) is 0 Å². The number of aromatic nitrogens is 3. The SMILES string of the molecule is CCOC(=O)Nc1cc(N[C@H](C)CCCN(CC)CC)c2ncc(-c3ccc(Cl)c(Cl)c3)nc2n1. The minimum Gasteiger partial charge on any atom is -0.450 e. The Balaban J connectivity index is 1.90. The first kappa shape index (κ1) is 26.9. The average molecular weight is 519 g/mol. The Morgan fingerprint density at radius 3 is 2.57 bits per heavy atom. The van der Waals surface area contributed by atoms with Crippen LogP contribution in [0.2, 0.25) is 10.0 Å². The van der Waals surface area contributed by atoms with Gasteiger partial charge in [0.2, 0.25) is 0 Å². The number of fused-ring (bicyclic) bond motifs is 1. The Morgan fingerprint density at radius 1 is 1.11 bits per heavy atom. The number of hydrogen-bond acceptors (Lipinski definition) is 7. The van der Waals surface area contributed by atoms with Crippen LogP contribution >= 0.6 is 23.2 Å². The van der Waals surface area contributed by atoms with Crippen LogP contribution in [0.25, 0.3) is 22.4 Å². The van der Waals surface area contributed by atoms with E-state index in [2.05, 4.69) is 46.3 Å².